The number of nitriles is 1. The molecule has 2 N–H and O–H groups in total. The van der Waals surface area contributed by atoms with Crippen LogP contribution >= 0.6 is 11.3 Å². The molecular formula is C16H16N4OS. The molecule has 0 radical (unpaired) electrons. The van der Waals surface area contributed by atoms with Crippen LogP contribution in [0.4, 0.5) is 5.13 Å². The topological polar surface area (TPSA) is 77.8 Å². The molecule has 1 aliphatic carbocycles. The maximum atomic E-state index is 12.3. The first-order valence-corrected chi connectivity index (χ1v) is 8.04. The van der Waals surface area contributed by atoms with Crippen LogP contribution in [0.3, 0.4) is 0 Å². The van der Waals surface area contributed by atoms with Crippen molar-refractivity contribution in [1.29, 1.82) is 5.26 Å². The number of thiazole rings is 1. The number of anilines is 1. The molecule has 1 saturated carbocycles. The second-order valence-corrected chi connectivity index (χ2v) is 6.38. The van der Waals surface area contributed by atoms with E-state index < -0.39 is 0 Å². The Morgan fingerprint density at radius 1 is 1.32 bits per heavy atom. The Hall–Kier alpha value is -2.39. The first-order valence-electron chi connectivity index (χ1n) is 7.23. The van der Waals surface area contributed by atoms with Crippen molar-refractivity contribution in [1.82, 2.24) is 10.3 Å². The lowest BCUT2D eigenvalue weighted by molar-refractivity contribution is -0.119. The summed E-state index contributed by atoms with van der Waals surface area (Å²) in [5, 5.41) is 14.9. The Bertz CT molecular complexity index is 692. The Labute approximate surface area is 133 Å². The fraction of sp³-hybridized carbons (Fsp3) is 0.312. The number of nitrogens with zero attached hydrogens (tertiary/aromatic N) is 2. The van der Waals surface area contributed by atoms with Gasteiger partial charge in [-0.15, -0.1) is 0 Å². The van der Waals surface area contributed by atoms with E-state index in [4.69, 9.17) is 5.26 Å². The van der Waals surface area contributed by atoms with Crippen molar-refractivity contribution >= 4 is 22.4 Å². The molecule has 3 rings (SSSR count). The lowest BCUT2D eigenvalue weighted by Crippen LogP contribution is -2.25. The van der Waals surface area contributed by atoms with Gasteiger partial charge in [0.15, 0.2) is 11.3 Å². The van der Waals surface area contributed by atoms with Gasteiger partial charge in [0.1, 0.15) is 0 Å². The predicted octanol–water partition coefficient (Wildman–Crippen LogP) is 2.99. The molecule has 1 aromatic heterocycles. The summed E-state index contributed by atoms with van der Waals surface area (Å²) < 4.78 is 0. The van der Waals surface area contributed by atoms with Crippen LogP contribution in [0.5, 0.6) is 0 Å². The molecule has 0 aliphatic heterocycles. The number of carbonyl (C=O) groups is 1. The van der Waals surface area contributed by atoms with Gasteiger partial charge in [0, 0.05) is 18.2 Å². The molecule has 2 aromatic rings. The predicted molar refractivity (Wildman–Crippen MR) is 86.1 cm³/mol. The van der Waals surface area contributed by atoms with Crippen LogP contribution in [0.25, 0.3) is 10.4 Å². The van der Waals surface area contributed by atoms with E-state index in [9.17, 15) is 4.79 Å². The zero-order valence-electron chi connectivity index (χ0n) is 12.0. The number of amides is 1. The second-order valence-electron chi connectivity index (χ2n) is 5.35. The van der Waals surface area contributed by atoms with Crippen molar-refractivity contribution < 1.29 is 4.79 Å². The fourth-order valence-electron chi connectivity index (χ4n) is 2.72. The SMILES string of the molecule is N#CNC1CCC(C(=O)Nc2ncc(-c3ccccc3)s2)C1. The number of aromatic nitrogens is 1. The molecular weight excluding hydrogens is 296 g/mol. The highest BCUT2D eigenvalue weighted by Crippen LogP contribution is 2.31. The van der Waals surface area contributed by atoms with Crippen molar-refractivity contribution in [2.75, 3.05) is 5.32 Å². The highest BCUT2D eigenvalue weighted by molar-refractivity contribution is 7.19. The largest absolute Gasteiger partial charge is 0.321 e. The summed E-state index contributed by atoms with van der Waals surface area (Å²) in [5.74, 6) is -0.0499. The van der Waals surface area contributed by atoms with Crippen molar-refractivity contribution in [2.24, 2.45) is 5.92 Å². The average Bonchev–Trinajstić information content (AvgIpc) is 3.18. The average molecular weight is 312 g/mol. The van der Waals surface area contributed by atoms with E-state index in [1.54, 1.807) is 6.20 Å². The first-order chi connectivity index (χ1) is 10.8. The third-order valence-electron chi connectivity index (χ3n) is 3.87. The van der Waals surface area contributed by atoms with Gasteiger partial charge in [-0.25, -0.2) is 4.98 Å². The third-order valence-corrected chi connectivity index (χ3v) is 4.83. The van der Waals surface area contributed by atoms with Crippen LogP contribution < -0.4 is 10.6 Å². The highest BCUT2D eigenvalue weighted by atomic mass is 32.1. The minimum Gasteiger partial charge on any atom is -0.321 e. The Morgan fingerprint density at radius 2 is 2.14 bits per heavy atom. The minimum atomic E-state index is -0.0464. The molecule has 0 saturated heterocycles. The normalized spacial score (nSPS) is 20.3. The summed E-state index contributed by atoms with van der Waals surface area (Å²) in [4.78, 5) is 17.6. The molecule has 0 spiro atoms. The fourth-order valence-corrected chi connectivity index (χ4v) is 3.54. The van der Waals surface area contributed by atoms with E-state index in [2.05, 4.69) is 15.6 Å². The van der Waals surface area contributed by atoms with E-state index in [-0.39, 0.29) is 17.9 Å². The zero-order chi connectivity index (χ0) is 15.4. The van der Waals surface area contributed by atoms with Crippen LogP contribution in [0.1, 0.15) is 19.3 Å². The molecule has 1 aliphatic rings. The van der Waals surface area contributed by atoms with Crippen LogP contribution in [-0.2, 0) is 4.79 Å². The smallest absolute Gasteiger partial charge is 0.229 e. The quantitative estimate of drug-likeness (QED) is 0.672. The summed E-state index contributed by atoms with van der Waals surface area (Å²) in [7, 11) is 0. The standard InChI is InChI=1S/C16H16N4OS/c17-10-19-13-7-6-12(8-13)15(21)20-16-18-9-14(22-16)11-4-2-1-3-5-11/h1-5,9,12-13,19H,6-8H2,(H,18,20,21). The summed E-state index contributed by atoms with van der Waals surface area (Å²) in [5.41, 5.74) is 1.10. The molecule has 2 unspecified atom stereocenters. The van der Waals surface area contributed by atoms with E-state index >= 15 is 0 Å². The van der Waals surface area contributed by atoms with Gasteiger partial charge in [-0.1, -0.05) is 41.7 Å². The maximum Gasteiger partial charge on any atom is 0.229 e. The van der Waals surface area contributed by atoms with Gasteiger partial charge >= 0.3 is 0 Å². The number of carbonyl (C=O) groups excluding carboxylic acids is 1. The summed E-state index contributed by atoms with van der Waals surface area (Å²) in [6.45, 7) is 0. The molecule has 112 valence electrons. The van der Waals surface area contributed by atoms with Gasteiger partial charge in [-0.05, 0) is 24.8 Å². The summed E-state index contributed by atoms with van der Waals surface area (Å²) in [6.07, 6.45) is 6.10. The highest BCUT2D eigenvalue weighted by Gasteiger charge is 2.30. The molecule has 1 fully saturated rings. The monoisotopic (exact) mass is 312 g/mol. The molecule has 1 heterocycles. The van der Waals surface area contributed by atoms with Crippen LogP contribution in [0.2, 0.25) is 0 Å². The Kier molecular flexibility index (Phi) is 4.35. The Morgan fingerprint density at radius 3 is 2.91 bits per heavy atom. The molecule has 0 bridgehead atoms. The van der Waals surface area contributed by atoms with Gasteiger partial charge in [-0.2, -0.15) is 5.26 Å². The van der Waals surface area contributed by atoms with Crippen molar-refractivity contribution in [2.45, 2.75) is 25.3 Å². The first kappa shape index (κ1) is 14.5. The van der Waals surface area contributed by atoms with E-state index in [1.807, 2.05) is 36.5 Å². The zero-order valence-corrected chi connectivity index (χ0v) is 12.8. The molecule has 22 heavy (non-hydrogen) atoms. The van der Waals surface area contributed by atoms with E-state index in [0.29, 0.717) is 11.6 Å². The van der Waals surface area contributed by atoms with Crippen molar-refractivity contribution in [3.8, 4) is 16.6 Å². The lowest BCUT2D eigenvalue weighted by Gasteiger charge is -2.09. The van der Waals surface area contributed by atoms with Gasteiger partial charge in [0.25, 0.3) is 0 Å². The van der Waals surface area contributed by atoms with Gasteiger partial charge in [-0.3, -0.25) is 4.79 Å². The minimum absolute atomic E-state index is 0.00352. The van der Waals surface area contributed by atoms with Gasteiger partial charge in [0.05, 0.1) is 4.88 Å². The molecule has 1 aromatic carbocycles. The third kappa shape index (κ3) is 3.26. The Balaban J connectivity index is 1.61. The summed E-state index contributed by atoms with van der Waals surface area (Å²) in [6, 6.07) is 10.1. The van der Waals surface area contributed by atoms with Gasteiger partial charge < -0.3 is 10.6 Å². The number of hydrogen-bond donors (Lipinski definition) is 2. The lowest BCUT2D eigenvalue weighted by atomic mass is 10.1. The molecule has 6 heteroatoms. The second kappa shape index (κ2) is 6.58. The maximum absolute atomic E-state index is 12.3. The van der Waals surface area contributed by atoms with Crippen molar-refractivity contribution in [3.05, 3.63) is 36.5 Å². The van der Waals surface area contributed by atoms with E-state index in [1.165, 1.54) is 11.3 Å². The number of rotatable bonds is 4. The molecule has 1 amide bonds. The number of nitrogens with one attached hydrogen (secondary N) is 2. The molecule has 5 nitrogen and oxygen atoms in total. The van der Waals surface area contributed by atoms with E-state index in [0.717, 1.165) is 23.3 Å². The van der Waals surface area contributed by atoms with Crippen LogP contribution in [0.15, 0.2) is 36.5 Å². The van der Waals surface area contributed by atoms with Crippen LogP contribution in [-0.4, -0.2) is 16.9 Å². The van der Waals surface area contributed by atoms with Crippen molar-refractivity contribution in [3.63, 3.8) is 0 Å². The number of benzene rings is 1. The molecule has 2 atom stereocenters. The van der Waals surface area contributed by atoms with Crippen LogP contribution in [0, 0.1) is 17.4 Å². The number of hydrogen-bond acceptors (Lipinski definition) is 5. The van der Waals surface area contributed by atoms with Gasteiger partial charge in [0.2, 0.25) is 5.91 Å². The summed E-state index contributed by atoms with van der Waals surface area (Å²) >= 11 is 1.47.